The lowest BCUT2D eigenvalue weighted by Crippen LogP contribution is -2.20. The molecule has 0 spiro atoms. The first kappa shape index (κ1) is 28.7. The van der Waals surface area contributed by atoms with Crippen molar-refractivity contribution in [1.82, 2.24) is 0 Å². The van der Waals surface area contributed by atoms with Gasteiger partial charge in [0, 0.05) is 0 Å². The van der Waals surface area contributed by atoms with E-state index in [9.17, 15) is 4.79 Å². The van der Waals surface area contributed by atoms with Crippen LogP contribution in [0.5, 0.6) is 0 Å². The molecule has 0 heterocycles. The monoisotopic (exact) mass is 303 g/mol. The van der Waals surface area contributed by atoms with Gasteiger partial charge in [0.25, 0.3) is 0 Å². The van der Waals surface area contributed by atoms with E-state index in [1.54, 1.807) is 0 Å². The Hall–Kier alpha value is -0.370. The molecule has 2 nitrogen and oxygen atoms in total. The number of hydrogen-bond donors (Lipinski definition) is 1. The quantitative estimate of drug-likeness (QED) is 0.418. The van der Waals surface area contributed by atoms with Crippen molar-refractivity contribution in [3.8, 4) is 0 Å². The van der Waals surface area contributed by atoms with Gasteiger partial charge in [0.1, 0.15) is 6.29 Å². The number of carbonyl (C=O) groups is 1. The van der Waals surface area contributed by atoms with Gasteiger partial charge in [-0.15, -0.1) is 0 Å². The molecule has 0 saturated heterocycles. The summed E-state index contributed by atoms with van der Waals surface area (Å²) < 4.78 is 0. The van der Waals surface area contributed by atoms with Gasteiger partial charge in [-0.25, -0.2) is 0 Å². The second kappa shape index (κ2) is 31.8. The van der Waals surface area contributed by atoms with Crippen LogP contribution in [-0.2, 0) is 4.79 Å². The van der Waals surface area contributed by atoms with Crippen molar-refractivity contribution in [1.29, 1.82) is 0 Å². The molecule has 1 atom stereocenters. The minimum absolute atomic E-state index is 0.225. The number of carbonyl (C=O) groups excluding carboxylic acids is 1. The smallest absolute Gasteiger partial charge is 0.136 e. The minimum Gasteiger partial charge on any atom is -0.322 e. The van der Waals surface area contributed by atoms with E-state index in [1.165, 1.54) is 38.5 Å². The molecule has 0 aromatic carbocycles. The molecule has 132 valence electrons. The molecule has 0 aliphatic heterocycles. The van der Waals surface area contributed by atoms with Gasteiger partial charge in [0.2, 0.25) is 0 Å². The molecule has 0 fully saturated rings. The first-order valence-corrected chi connectivity index (χ1v) is 9.20. The Bertz CT molecular complexity index is 147. The van der Waals surface area contributed by atoms with Crippen LogP contribution < -0.4 is 5.73 Å². The van der Waals surface area contributed by atoms with Gasteiger partial charge in [0.05, 0.1) is 6.04 Å². The van der Waals surface area contributed by atoms with Crippen molar-refractivity contribution in [3.05, 3.63) is 0 Å². The first-order valence-electron chi connectivity index (χ1n) is 9.20. The maximum absolute atomic E-state index is 10.1. The number of unbranched alkanes of at least 4 members (excludes halogenated alkanes) is 4. The number of nitrogens with two attached hydrogens (primary N) is 1. The average molecular weight is 304 g/mol. The Balaban J connectivity index is -0.000000120. The highest BCUT2D eigenvalue weighted by atomic mass is 16.1. The molecular formula is C19H45NO. The van der Waals surface area contributed by atoms with Crippen LogP contribution in [0.2, 0.25) is 0 Å². The highest BCUT2D eigenvalue weighted by molar-refractivity contribution is 5.56. The van der Waals surface area contributed by atoms with Gasteiger partial charge in [-0.1, -0.05) is 100 Å². The molecule has 0 amide bonds. The summed E-state index contributed by atoms with van der Waals surface area (Å²) in [6, 6.07) is -0.225. The minimum atomic E-state index is -0.225. The van der Waals surface area contributed by atoms with E-state index in [4.69, 9.17) is 5.73 Å². The molecular weight excluding hydrogens is 258 g/mol. The summed E-state index contributed by atoms with van der Waals surface area (Å²) in [5.74, 6) is 0.884. The molecule has 2 heteroatoms. The van der Waals surface area contributed by atoms with Crippen molar-refractivity contribution in [2.45, 2.75) is 113 Å². The molecule has 2 N–H and O–H groups in total. The van der Waals surface area contributed by atoms with Crippen molar-refractivity contribution >= 4 is 6.29 Å². The Morgan fingerprint density at radius 2 is 1.29 bits per heavy atom. The lowest BCUT2D eigenvalue weighted by atomic mass is 10.1. The first-order chi connectivity index (χ1) is 9.99. The van der Waals surface area contributed by atoms with Crippen molar-refractivity contribution < 1.29 is 4.79 Å². The maximum Gasteiger partial charge on any atom is 0.136 e. The zero-order chi connectivity index (χ0) is 17.5. The highest BCUT2D eigenvalue weighted by Crippen LogP contribution is 2.05. The van der Waals surface area contributed by atoms with Crippen LogP contribution in [0, 0.1) is 5.92 Å². The summed E-state index contributed by atoms with van der Waals surface area (Å²) in [5.41, 5.74) is 5.42. The lowest BCUT2D eigenvalue weighted by molar-refractivity contribution is -0.109. The summed E-state index contributed by atoms with van der Waals surface area (Å²) >= 11 is 0. The molecule has 0 radical (unpaired) electrons. The fourth-order valence-electron chi connectivity index (χ4n) is 1.05. The van der Waals surface area contributed by atoms with E-state index in [1.807, 2.05) is 13.8 Å². The van der Waals surface area contributed by atoms with Crippen molar-refractivity contribution in [2.24, 2.45) is 11.7 Å². The summed E-state index contributed by atoms with van der Waals surface area (Å²) in [6.07, 6.45) is 10.4. The average Bonchev–Trinajstić information content (AvgIpc) is 2.50. The molecule has 0 aromatic heterocycles. The molecule has 0 aliphatic rings. The fraction of sp³-hybridized carbons (Fsp3) is 0.947. The van der Waals surface area contributed by atoms with Gasteiger partial charge in [0.15, 0.2) is 0 Å². The third kappa shape index (κ3) is 54.0. The van der Waals surface area contributed by atoms with Crippen LogP contribution in [0.15, 0.2) is 0 Å². The van der Waals surface area contributed by atoms with Crippen LogP contribution in [0.1, 0.15) is 107 Å². The second-order valence-electron chi connectivity index (χ2n) is 5.51. The number of rotatable bonds is 8. The number of hydrogen-bond acceptors (Lipinski definition) is 2. The van der Waals surface area contributed by atoms with E-state index in [0.717, 1.165) is 25.0 Å². The largest absolute Gasteiger partial charge is 0.322 e. The summed E-state index contributed by atoms with van der Waals surface area (Å²) in [4.78, 5) is 10.1. The Kier molecular flexibility index (Phi) is 43.6. The Morgan fingerprint density at radius 3 is 1.57 bits per heavy atom. The predicted octanol–water partition coefficient (Wildman–Crippen LogP) is 6.37. The molecule has 0 unspecified atom stereocenters. The molecule has 0 rings (SSSR count). The summed E-state index contributed by atoms with van der Waals surface area (Å²) in [5, 5.41) is 0. The van der Waals surface area contributed by atoms with E-state index in [0.29, 0.717) is 0 Å². The van der Waals surface area contributed by atoms with E-state index in [-0.39, 0.29) is 6.04 Å². The van der Waals surface area contributed by atoms with Crippen molar-refractivity contribution in [3.63, 3.8) is 0 Å². The zero-order valence-corrected chi connectivity index (χ0v) is 16.4. The molecule has 0 aromatic rings. The maximum atomic E-state index is 10.1. The van der Waals surface area contributed by atoms with E-state index < -0.39 is 0 Å². The second-order valence-corrected chi connectivity index (χ2v) is 5.51. The normalized spacial score (nSPS) is 10.2. The van der Waals surface area contributed by atoms with Crippen molar-refractivity contribution in [2.75, 3.05) is 0 Å². The Labute approximate surface area is 136 Å². The van der Waals surface area contributed by atoms with Gasteiger partial charge in [-0.05, 0) is 12.3 Å². The van der Waals surface area contributed by atoms with Gasteiger partial charge in [-0.3, -0.25) is 0 Å². The third-order valence-electron chi connectivity index (χ3n) is 2.63. The topological polar surface area (TPSA) is 43.1 Å². The van der Waals surface area contributed by atoms with Gasteiger partial charge in [-0.2, -0.15) is 0 Å². The lowest BCUT2D eigenvalue weighted by Gasteiger charge is -2.02. The van der Waals surface area contributed by atoms with Crippen LogP contribution in [0.3, 0.4) is 0 Å². The van der Waals surface area contributed by atoms with Gasteiger partial charge >= 0.3 is 0 Å². The standard InChI is InChI=1S/C9H19NO.C5H12.C3H8.C2H6/c1-2-3-4-5-6-7-9(10)8-11;1-4-5(2)3;1-3-2;1-2/h8-9H,2-7,10H2,1H3;5H,4H2,1-3H3;3H2,1-2H3;1-2H3/t9-;;;/m0.../s1. The van der Waals surface area contributed by atoms with Crippen LogP contribution in [0.25, 0.3) is 0 Å². The van der Waals surface area contributed by atoms with E-state index >= 15 is 0 Å². The summed E-state index contributed by atoms with van der Waals surface area (Å²) in [7, 11) is 0. The van der Waals surface area contributed by atoms with Crippen LogP contribution >= 0.6 is 0 Å². The zero-order valence-electron chi connectivity index (χ0n) is 16.4. The number of aldehydes is 1. The molecule has 0 saturated carbocycles. The van der Waals surface area contributed by atoms with Gasteiger partial charge < -0.3 is 10.5 Å². The van der Waals surface area contributed by atoms with Crippen LogP contribution in [-0.4, -0.2) is 12.3 Å². The SMILES string of the molecule is CC.CCC.CCC(C)C.CCCCCCC[C@H](N)C=O. The highest BCUT2D eigenvalue weighted by Gasteiger charge is 1.97. The fourth-order valence-corrected chi connectivity index (χ4v) is 1.05. The van der Waals surface area contributed by atoms with E-state index in [2.05, 4.69) is 41.5 Å². The van der Waals surface area contributed by atoms with Crippen LogP contribution in [0.4, 0.5) is 0 Å². The summed E-state index contributed by atoms with van der Waals surface area (Å²) in [6.45, 7) is 17.1. The molecule has 0 aliphatic carbocycles. The molecule has 0 bridgehead atoms. The predicted molar refractivity (Wildman–Crippen MR) is 99.9 cm³/mol. The molecule has 21 heavy (non-hydrogen) atoms. The Morgan fingerprint density at radius 1 is 0.905 bits per heavy atom. The third-order valence-corrected chi connectivity index (χ3v) is 2.63.